The van der Waals surface area contributed by atoms with E-state index in [2.05, 4.69) is 34.9 Å². The number of nitrogens with zero attached hydrogens (tertiary/aromatic N) is 1. The van der Waals surface area contributed by atoms with Crippen LogP contribution in [-0.2, 0) is 16.0 Å². The summed E-state index contributed by atoms with van der Waals surface area (Å²) in [5.41, 5.74) is 3.09. The number of piperidine rings is 1. The molecule has 4 rings (SSSR count). The number of benzene rings is 2. The van der Waals surface area contributed by atoms with Crippen molar-refractivity contribution in [2.45, 2.75) is 37.6 Å². The maximum atomic E-state index is 12.7. The van der Waals surface area contributed by atoms with E-state index in [9.17, 15) is 14.4 Å². The van der Waals surface area contributed by atoms with Crippen LogP contribution in [-0.4, -0.2) is 35.8 Å². The van der Waals surface area contributed by atoms with Gasteiger partial charge in [-0.15, -0.1) is 0 Å². The molecular formula is C23H25N3O3. The van der Waals surface area contributed by atoms with E-state index in [1.54, 1.807) is 0 Å². The lowest BCUT2D eigenvalue weighted by Gasteiger charge is -2.32. The van der Waals surface area contributed by atoms with Gasteiger partial charge in [-0.25, -0.2) is 4.79 Å². The van der Waals surface area contributed by atoms with E-state index >= 15 is 0 Å². The summed E-state index contributed by atoms with van der Waals surface area (Å²) < 4.78 is 0. The van der Waals surface area contributed by atoms with Gasteiger partial charge in [-0.05, 0) is 41.9 Å². The zero-order valence-electron chi connectivity index (χ0n) is 16.3. The monoisotopic (exact) mass is 391 g/mol. The summed E-state index contributed by atoms with van der Waals surface area (Å²) in [6.07, 6.45) is 3.07. The van der Waals surface area contributed by atoms with Crippen LogP contribution in [0.3, 0.4) is 0 Å². The Hall–Kier alpha value is -3.15. The molecule has 0 aliphatic carbocycles. The maximum absolute atomic E-state index is 12.7. The highest BCUT2D eigenvalue weighted by atomic mass is 16.2. The lowest BCUT2D eigenvalue weighted by atomic mass is 9.89. The van der Waals surface area contributed by atoms with Crippen LogP contribution in [0.1, 0.15) is 47.9 Å². The van der Waals surface area contributed by atoms with Gasteiger partial charge in [-0.3, -0.25) is 14.9 Å². The summed E-state index contributed by atoms with van der Waals surface area (Å²) >= 11 is 0. The number of carbonyl (C=O) groups excluding carboxylic acids is 3. The highest BCUT2D eigenvalue weighted by Gasteiger charge is 2.31. The molecule has 150 valence electrons. The molecule has 2 aliphatic rings. The van der Waals surface area contributed by atoms with Gasteiger partial charge < -0.3 is 10.2 Å². The number of urea groups is 1. The summed E-state index contributed by atoms with van der Waals surface area (Å²) in [6, 6.07) is 16.9. The molecule has 2 aliphatic heterocycles. The molecule has 2 N–H and O–H groups in total. The minimum absolute atomic E-state index is 0.175. The molecule has 6 heteroatoms. The van der Waals surface area contributed by atoms with Crippen molar-refractivity contribution in [3.8, 4) is 0 Å². The van der Waals surface area contributed by atoms with Crippen LogP contribution in [0, 0.1) is 0 Å². The van der Waals surface area contributed by atoms with Crippen molar-refractivity contribution in [2.24, 2.45) is 0 Å². The van der Waals surface area contributed by atoms with Gasteiger partial charge in [0.25, 0.3) is 5.91 Å². The molecule has 2 heterocycles. The molecule has 4 amide bonds. The van der Waals surface area contributed by atoms with Crippen molar-refractivity contribution in [1.82, 2.24) is 15.5 Å². The molecule has 1 unspecified atom stereocenters. The first-order valence-electron chi connectivity index (χ1n) is 10.1. The fraction of sp³-hybridized carbons (Fsp3) is 0.348. The Labute approximate surface area is 170 Å². The minimum atomic E-state index is -0.657. The Morgan fingerprint density at radius 3 is 2.38 bits per heavy atom. The van der Waals surface area contributed by atoms with Crippen molar-refractivity contribution in [2.75, 3.05) is 13.1 Å². The molecule has 6 nitrogen and oxygen atoms in total. The average Bonchev–Trinajstić information content (AvgIpc) is 3.11. The molecule has 1 atom stereocenters. The van der Waals surface area contributed by atoms with Crippen LogP contribution in [0.5, 0.6) is 0 Å². The lowest BCUT2D eigenvalue weighted by Crippen LogP contribution is -2.38. The number of imide groups is 1. The van der Waals surface area contributed by atoms with E-state index in [-0.39, 0.29) is 11.8 Å². The van der Waals surface area contributed by atoms with Crippen molar-refractivity contribution >= 4 is 17.8 Å². The molecule has 2 fully saturated rings. The highest BCUT2D eigenvalue weighted by Crippen LogP contribution is 2.28. The van der Waals surface area contributed by atoms with Gasteiger partial charge in [0.1, 0.15) is 6.04 Å². The number of carbonyl (C=O) groups is 3. The Morgan fingerprint density at radius 1 is 0.966 bits per heavy atom. The van der Waals surface area contributed by atoms with E-state index in [1.807, 2.05) is 35.2 Å². The van der Waals surface area contributed by atoms with Crippen molar-refractivity contribution < 1.29 is 14.4 Å². The van der Waals surface area contributed by atoms with E-state index in [4.69, 9.17) is 0 Å². The predicted molar refractivity (Wildman–Crippen MR) is 109 cm³/mol. The van der Waals surface area contributed by atoms with Gasteiger partial charge in [0.2, 0.25) is 5.91 Å². The molecule has 0 saturated carbocycles. The Bertz CT molecular complexity index is 905. The van der Waals surface area contributed by atoms with Crippen molar-refractivity contribution in [1.29, 1.82) is 0 Å². The zero-order valence-corrected chi connectivity index (χ0v) is 16.3. The molecule has 2 saturated heterocycles. The van der Waals surface area contributed by atoms with Crippen LogP contribution >= 0.6 is 0 Å². The SMILES string of the molecule is O=C1NC(=O)C(c2cccc(CCC(=O)N3CCC(c4ccccc4)CC3)c2)N1. The van der Waals surface area contributed by atoms with E-state index in [1.165, 1.54) is 5.56 Å². The first-order chi connectivity index (χ1) is 14.1. The largest absolute Gasteiger partial charge is 0.343 e. The Kier molecular flexibility index (Phi) is 5.60. The summed E-state index contributed by atoms with van der Waals surface area (Å²) in [6.45, 7) is 1.60. The smallest absolute Gasteiger partial charge is 0.322 e. The normalized spacial score (nSPS) is 19.7. The fourth-order valence-electron chi connectivity index (χ4n) is 4.18. The van der Waals surface area contributed by atoms with Crippen LogP contribution in [0.25, 0.3) is 0 Å². The zero-order chi connectivity index (χ0) is 20.2. The third-order valence-electron chi connectivity index (χ3n) is 5.80. The van der Waals surface area contributed by atoms with Crippen LogP contribution in [0.15, 0.2) is 54.6 Å². The number of rotatable bonds is 5. The summed E-state index contributed by atoms with van der Waals surface area (Å²) in [4.78, 5) is 37.8. The number of amides is 4. The van der Waals surface area contributed by atoms with Gasteiger partial charge in [-0.2, -0.15) is 0 Å². The van der Waals surface area contributed by atoms with E-state index < -0.39 is 12.1 Å². The topological polar surface area (TPSA) is 78.5 Å². The molecule has 0 radical (unpaired) electrons. The van der Waals surface area contributed by atoms with Crippen LogP contribution in [0.4, 0.5) is 4.79 Å². The quantitative estimate of drug-likeness (QED) is 0.770. The minimum Gasteiger partial charge on any atom is -0.343 e. The second-order valence-electron chi connectivity index (χ2n) is 7.71. The molecular weight excluding hydrogens is 366 g/mol. The Balaban J connectivity index is 1.30. The van der Waals surface area contributed by atoms with Gasteiger partial charge >= 0.3 is 6.03 Å². The Morgan fingerprint density at radius 2 is 1.69 bits per heavy atom. The number of likely N-dealkylation sites (tertiary alicyclic amines) is 1. The van der Waals surface area contributed by atoms with Crippen molar-refractivity contribution in [3.63, 3.8) is 0 Å². The lowest BCUT2D eigenvalue weighted by molar-refractivity contribution is -0.132. The number of nitrogens with one attached hydrogen (secondary N) is 2. The van der Waals surface area contributed by atoms with E-state index in [0.29, 0.717) is 18.8 Å². The summed E-state index contributed by atoms with van der Waals surface area (Å²) in [5, 5.41) is 4.85. The highest BCUT2D eigenvalue weighted by molar-refractivity contribution is 6.04. The second-order valence-corrected chi connectivity index (χ2v) is 7.71. The number of hydrogen-bond acceptors (Lipinski definition) is 3. The molecule has 0 bridgehead atoms. The van der Waals surface area contributed by atoms with Gasteiger partial charge in [0.05, 0.1) is 0 Å². The van der Waals surface area contributed by atoms with Gasteiger partial charge in [0.15, 0.2) is 0 Å². The maximum Gasteiger partial charge on any atom is 0.322 e. The van der Waals surface area contributed by atoms with Gasteiger partial charge in [0, 0.05) is 19.5 Å². The van der Waals surface area contributed by atoms with Crippen LogP contribution < -0.4 is 10.6 Å². The third kappa shape index (κ3) is 4.47. The summed E-state index contributed by atoms with van der Waals surface area (Å²) in [7, 11) is 0. The van der Waals surface area contributed by atoms with Crippen molar-refractivity contribution in [3.05, 3.63) is 71.3 Å². The standard InChI is InChI=1S/C23H25N3O3/c27-20(26-13-11-18(12-14-26)17-6-2-1-3-7-17)10-9-16-5-4-8-19(15-16)21-22(28)25-23(29)24-21/h1-8,15,18,21H,9-14H2,(H2,24,25,28,29). The van der Waals surface area contributed by atoms with Crippen LogP contribution in [0.2, 0.25) is 0 Å². The molecule has 0 spiro atoms. The summed E-state index contributed by atoms with van der Waals surface area (Å²) in [5.74, 6) is 0.364. The first kappa shape index (κ1) is 19.2. The number of aryl methyl sites for hydroxylation is 1. The first-order valence-corrected chi connectivity index (χ1v) is 10.1. The molecule has 29 heavy (non-hydrogen) atoms. The molecule has 2 aromatic carbocycles. The number of hydrogen-bond donors (Lipinski definition) is 2. The van der Waals surface area contributed by atoms with E-state index in [0.717, 1.165) is 37.1 Å². The molecule has 0 aromatic heterocycles. The predicted octanol–water partition coefficient (Wildman–Crippen LogP) is 2.91. The average molecular weight is 391 g/mol. The molecule has 2 aromatic rings. The second kappa shape index (κ2) is 8.47. The fourth-order valence-corrected chi connectivity index (χ4v) is 4.18. The van der Waals surface area contributed by atoms with Gasteiger partial charge in [-0.1, -0.05) is 54.6 Å². The third-order valence-corrected chi connectivity index (χ3v) is 5.80.